The number of carbonyl (C=O) groups excluding carboxylic acids is 2. The van der Waals surface area contributed by atoms with Gasteiger partial charge in [-0.1, -0.05) is 6.42 Å². The predicted octanol–water partition coefficient (Wildman–Crippen LogP) is 2.55. The first-order valence-electron chi connectivity index (χ1n) is 7.25. The molecule has 0 bridgehead atoms. The molecule has 0 aliphatic heterocycles. The number of hydrogen-bond acceptors (Lipinski definition) is 4. The Morgan fingerprint density at radius 3 is 2.43 bits per heavy atom. The van der Waals surface area contributed by atoms with Crippen LogP contribution in [0.15, 0.2) is 24.3 Å². The second-order valence-corrected chi connectivity index (χ2v) is 4.60. The van der Waals surface area contributed by atoms with Crippen LogP contribution in [0.4, 0.5) is 0 Å². The van der Waals surface area contributed by atoms with E-state index in [1.54, 1.807) is 24.3 Å². The molecule has 0 fully saturated rings. The molecule has 0 radical (unpaired) electrons. The van der Waals surface area contributed by atoms with Crippen molar-refractivity contribution in [2.24, 2.45) is 0 Å². The summed E-state index contributed by atoms with van der Waals surface area (Å²) in [6, 6.07) is 7.07. The summed E-state index contributed by atoms with van der Waals surface area (Å²) in [7, 11) is 1.39. The third kappa shape index (κ3) is 6.79. The zero-order chi connectivity index (χ0) is 15.5. The lowest BCUT2D eigenvalue weighted by molar-refractivity contribution is -0.140. The lowest BCUT2D eigenvalue weighted by atomic mass is 10.2. The molecule has 1 aromatic rings. The van der Waals surface area contributed by atoms with E-state index in [0.29, 0.717) is 25.1 Å². The minimum atomic E-state index is -0.187. The van der Waals surface area contributed by atoms with Crippen molar-refractivity contribution in [2.75, 3.05) is 20.3 Å². The normalized spacial score (nSPS) is 10.0. The second-order valence-electron chi connectivity index (χ2n) is 4.60. The average molecular weight is 293 g/mol. The highest BCUT2D eigenvalue weighted by Crippen LogP contribution is 2.12. The maximum absolute atomic E-state index is 11.9. The Kier molecular flexibility index (Phi) is 7.94. The molecular weight excluding hydrogens is 270 g/mol. The summed E-state index contributed by atoms with van der Waals surface area (Å²) in [5.41, 5.74) is 0.619. The molecule has 0 aliphatic rings. The van der Waals surface area contributed by atoms with Gasteiger partial charge in [0, 0.05) is 18.5 Å². The third-order valence-electron chi connectivity index (χ3n) is 3.00. The summed E-state index contributed by atoms with van der Waals surface area (Å²) in [6.45, 7) is 3.13. The highest BCUT2D eigenvalue weighted by atomic mass is 16.5. The number of amides is 1. The molecule has 5 heteroatoms. The van der Waals surface area contributed by atoms with Crippen LogP contribution in [0.5, 0.6) is 5.75 Å². The Morgan fingerprint density at radius 2 is 1.81 bits per heavy atom. The second kappa shape index (κ2) is 9.80. The fourth-order valence-corrected chi connectivity index (χ4v) is 1.85. The number of ether oxygens (including phenoxy) is 2. The van der Waals surface area contributed by atoms with E-state index in [1.165, 1.54) is 7.11 Å². The van der Waals surface area contributed by atoms with Crippen LogP contribution in [-0.4, -0.2) is 32.1 Å². The van der Waals surface area contributed by atoms with Gasteiger partial charge in [-0.3, -0.25) is 9.59 Å². The first-order chi connectivity index (χ1) is 10.2. The number of benzene rings is 1. The van der Waals surface area contributed by atoms with Gasteiger partial charge < -0.3 is 14.8 Å². The van der Waals surface area contributed by atoms with E-state index < -0.39 is 0 Å². The van der Waals surface area contributed by atoms with Crippen LogP contribution >= 0.6 is 0 Å². The van der Waals surface area contributed by atoms with Crippen molar-refractivity contribution < 1.29 is 19.1 Å². The molecule has 0 spiro atoms. The molecule has 1 amide bonds. The fraction of sp³-hybridized carbons (Fsp3) is 0.500. The Balaban J connectivity index is 2.20. The van der Waals surface area contributed by atoms with Gasteiger partial charge in [0.05, 0.1) is 13.7 Å². The maximum Gasteiger partial charge on any atom is 0.305 e. The summed E-state index contributed by atoms with van der Waals surface area (Å²) in [4.78, 5) is 22.8. The van der Waals surface area contributed by atoms with Crippen LogP contribution < -0.4 is 10.1 Å². The molecule has 1 aromatic carbocycles. The molecule has 0 saturated carbocycles. The van der Waals surface area contributed by atoms with Gasteiger partial charge in [0.15, 0.2) is 0 Å². The van der Waals surface area contributed by atoms with Crippen molar-refractivity contribution in [1.82, 2.24) is 5.32 Å². The lowest BCUT2D eigenvalue weighted by Crippen LogP contribution is -2.24. The van der Waals surface area contributed by atoms with Crippen molar-refractivity contribution in [3.05, 3.63) is 29.8 Å². The van der Waals surface area contributed by atoms with E-state index in [4.69, 9.17) is 4.74 Å². The molecule has 1 rings (SSSR count). The summed E-state index contributed by atoms with van der Waals surface area (Å²) >= 11 is 0. The zero-order valence-electron chi connectivity index (χ0n) is 12.7. The molecule has 0 saturated heterocycles. The molecule has 116 valence electrons. The fourth-order valence-electron chi connectivity index (χ4n) is 1.85. The molecule has 0 atom stereocenters. The Bertz CT molecular complexity index is 442. The maximum atomic E-state index is 11.9. The smallest absolute Gasteiger partial charge is 0.305 e. The lowest BCUT2D eigenvalue weighted by Gasteiger charge is -2.06. The minimum Gasteiger partial charge on any atom is -0.494 e. The summed E-state index contributed by atoms with van der Waals surface area (Å²) in [6.07, 6.45) is 2.95. The molecule has 0 heterocycles. The van der Waals surface area contributed by atoms with E-state index >= 15 is 0 Å². The number of carbonyl (C=O) groups is 2. The summed E-state index contributed by atoms with van der Waals surface area (Å²) < 4.78 is 9.89. The van der Waals surface area contributed by atoms with Crippen LogP contribution in [0.1, 0.15) is 43.0 Å². The van der Waals surface area contributed by atoms with E-state index in [2.05, 4.69) is 10.1 Å². The van der Waals surface area contributed by atoms with Crippen LogP contribution in [0, 0.1) is 0 Å². The molecule has 0 aromatic heterocycles. The number of unbranched alkanes of at least 4 members (excludes halogenated alkanes) is 2. The summed E-state index contributed by atoms with van der Waals surface area (Å²) in [5, 5.41) is 2.86. The number of methoxy groups -OCH3 is 1. The average Bonchev–Trinajstić information content (AvgIpc) is 2.51. The predicted molar refractivity (Wildman–Crippen MR) is 80.4 cm³/mol. The molecule has 0 unspecified atom stereocenters. The van der Waals surface area contributed by atoms with Gasteiger partial charge in [-0.15, -0.1) is 0 Å². The van der Waals surface area contributed by atoms with Crippen LogP contribution in [0.3, 0.4) is 0 Å². The van der Waals surface area contributed by atoms with Crippen molar-refractivity contribution in [3.8, 4) is 5.75 Å². The van der Waals surface area contributed by atoms with Crippen molar-refractivity contribution >= 4 is 11.9 Å². The van der Waals surface area contributed by atoms with Gasteiger partial charge >= 0.3 is 5.97 Å². The van der Waals surface area contributed by atoms with Gasteiger partial charge in [-0.2, -0.15) is 0 Å². The standard InChI is InChI=1S/C16H23NO4/c1-3-21-14-10-8-13(9-11-14)16(19)17-12-6-4-5-7-15(18)20-2/h8-11H,3-7,12H2,1-2H3,(H,17,19). The van der Waals surface area contributed by atoms with E-state index in [9.17, 15) is 9.59 Å². The number of hydrogen-bond donors (Lipinski definition) is 1. The number of rotatable bonds is 9. The van der Waals surface area contributed by atoms with Crippen LogP contribution in [-0.2, 0) is 9.53 Å². The number of nitrogens with one attached hydrogen (secondary N) is 1. The van der Waals surface area contributed by atoms with Gasteiger partial charge in [0.2, 0.25) is 0 Å². The van der Waals surface area contributed by atoms with Gasteiger partial charge in [0.25, 0.3) is 5.91 Å². The first-order valence-corrected chi connectivity index (χ1v) is 7.25. The molecule has 21 heavy (non-hydrogen) atoms. The molecule has 0 aliphatic carbocycles. The van der Waals surface area contributed by atoms with Crippen LogP contribution in [0.2, 0.25) is 0 Å². The molecule has 5 nitrogen and oxygen atoms in total. The van der Waals surface area contributed by atoms with Gasteiger partial charge in [-0.05, 0) is 44.0 Å². The minimum absolute atomic E-state index is 0.0917. The third-order valence-corrected chi connectivity index (χ3v) is 3.00. The quantitative estimate of drug-likeness (QED) is 0.561. The highest BCUT2D eigenvalue weighted by molar-refractivity contribution is 5.94. The van der Waals surface area contributed by atoms with Crippen molar-refractivity contribution in [3.63, 3.8) is 0 Å². The molecular formula is C16H23NO4. The van der Waals surface area contributed by atoms with Gasteiger partial charge in [-0.25, -0.2) is 0 Å². The Hall–Kier alpha value is -2.04. The Morgan fingerprint density at radius 1 is 1.10 bits per heavy atom. The molecule has 1 N–H and O–H groups in total. The van der Waals surface area contributed by atoms with Crippen molar-refractivity contribution in [1.29, 1.82) is 0 Å². The highest BCUT2D eigenvalue weighted by Gasteiger charge is 2.05. The summed E-state index contributed by atoms with van der Waals surface area (Å²) in [5.74, 6) is 0.483. The monoisotopic (exact) mass is 293 g/mol. The van der Waals surface area contributed by atoms with E-state index in [1.807, 2.05) is 6.92 Å². The Labute approximate surface area is 125 Å². The van der Waals surface area contributed by atoms with E-state index in [0.717, 1.165) is 25.0 Å². The topological polar surface area (TPSA) is 64.6 Å². The first kappa shape index (κ1) is 17.0. The zero-order valence-corrected chi connectivity index (χ0v) is 12.7. The van der Waals surface area contributed by atoms with Crippen molar-refractivity contribution in [2.45, 2.75) is 32.6 Å². The van der Waals surface area contributed by atoms with Crippen LogP contribution in [0.25, 0.3) is 0 Å². The number of esters is 1. The van der Waals surface area contributed by atoms with E-state index in [-0.39, 0.29) is 11.9 Å². The SMILES string of the molecule is CCOc1ccc(C(=O)NCCCCCC(=O)OC)cc1. The largest absolute Gasteiger partial charge is 0.494 e. The van der Waals surface area contributed by atoms with Gasteiger partial charge in [0.1, 0.15) is 5.75 Å².